The summed E-state index contributed by atoms with van der Waals surface area (Å²) in [5, 5.41) is 9.20. The maximum Gasteiger partial charge on any atom is 0.339 e. The van der Waals surface area contributed by atoms with Crippen molar-refractivity contribution in [2.24, 2.45) is 0 Å². The van der Waals surface area contributed by atoms with Crippen LogP contribution in [0.4, 0.5) is 0 Å². The number of ether oxygens (including phenoxy) is 1. The molecule has 1 N–H and O–H groups in total. The van der Waals surface area contributed by atoms with E-state index < -0.39 is 5.97 Å². The average Bonchev–Trinajstić information content (AvgIpc) is 2.48. The summed E-state index contributed by atoms with van der Waals surface area (Å²) in [5.74, 6) is -0.525. The van der Waals surface area contributed by atoms with E-state index in [0.717, 1.165) is 24.0 Å². The Labute approximate surface area is 118 Å². The normalized spacial score (nSPS) is 10.2. The van der Waals surface area contributed by atoms with Crippen LogP contribution in [-0.4, -0.2) is 17.7 Å². The Bertz CT molecular complexity index is 576. The van der Waals surface area contributed by atoms with Gasteiger partial charge in [-0.25, -0.2) is 4.79 Å². The molecule has 0 saturated carbocycles. The Morgan fingerprint density at radius 2 is 1.85 bits per heavy atom. The van der Waals surface area contributed by atoms with Gasteiger partial charge in [0.25, 0.3) is 0 Å². The number of hydrogen-bond acceptors (Lipinski definition) is 2. The second-order valence-electron chi connectivity index (χ2n) is 4.58. The van der Waals surface area contributed by atoms with Gasteiger partial charge in [-0.3, -0.25) is 0 Å². The zero-order valence-electron chi connectivity index (χ0n) is 11.5. The van der Waals surface area contributed by atoms with E-state index in [1.807, 2.05) is 36.4 Å². The van der Waals surface area contributed by atoms with Crippen LogP contribution in [0.15, 0.2) is 48.5 Å². The summed E-state index contributed by atoms with van der Waals surface area (Å²) in [6, 6.07) is 15.1. The maximum atomic E-state index is 11.2. The lowest BCUT2D eigenvalue weighted by Crippen LogP contribution is -2.04. The van der Waals surface area contributed by atoms with Gasteiger partial charge in [0.1, 0.15) is 11.3 Å². The molecule has 20 heavy (non-hydrogen) atoms. The molecule has 0 aliphatic rings. The molecule has 0 heterocycles. The molecule has 0 spiro atoms. The molecule has 0 unspecified atom stereocenters. The van der Waals surface area contributed by atoms with E-state index in [-0.39, 0.29) is 5.56 Å². The van der Waals surface area contributed by atoms with Crippen LogP contribution in [-0.2, 0) is 0 Å². The first-order valence-electron chi connectivity index (χ1n) is 6.78. The smallest absolute Gasteiger partial charge is 0.339 e. The van der Waals surface area contributed by atoms with Crippen LogP contribution in [0, 0.1) is 0 Å². The van der Waals surface area contributed by atoms with Gasteiger partial charge in [0.2, 0.25) is 0 Å². The Morgan fingerprint density at radius 1 is 1.10 bits per heavy atom. The van der Waals surface area contributed by atoms with Gasteiger partial charge in [0, 0.05) is 0 Å². The van der Waals surface area contributed by atoms with Crippen molar-refractivity contribution in [2.75, 3.05) is 6.61 Å². The number of carboxylic acid groups (broad SMARTS) is 1. The molecule has 0 bridgehead atoms. The molecule has 0 saturated heterocycles. The summed E-state index contributed by atoms with van der Waals surface area (Å²) in [7, 11) is 0. The van der Waals surface area contributed by atoms with Gasteiger partial charge >= 0.3 is 5.97 Å². The largest absolute Gasteiger partial charge is 0.493 e. The monoisotopic (exact) mass is 270 g/mol. The van der Waals surface area contributed by atoms with Crippen molar-refractivity contribution in [3.8, 4) is 16.9 Å². The quantitative estimate of drug-likeness (QED) is 0.799. The molecule has 0 amide bonds. The predicted molar refractivity (Wildman–Crippen MR) is 79.2 cm³/mol. The summed E-state index contributed by atoms with van der Waals surface area (Å²) in [6.07, 6.45) is 1.93. The molecule has 2 aromatic carbocycles. The summed E-state index contributed by atoms with van der Waals surface area (Å²) >= 11 is 0. The summed E-state index contributed by atoms with van der Waals surface area (Å²) in [5.41, 5.74) is 2.22. The third kappa shape index (κ3) is 3.38. The molecule has 0 fully saturated rings. The number of carbonyl (C=O) groups is 1. The van der Waals surface area contributed by atoms with Crippen LogP contribution < -0.4 is 4.74 Å². The Hall–Kier alpha value is -2.29. The van der Waals surface area contributed by atoms with Crippen molar-refractivity contribution in [1.82, 2.24) is 0 Å². The standard InChI is InChI=1S/C17H18O3/c1-2-3-11-20-16-12-14(9-10-15(16)17(18)19)13-7-5-4-6-8-13/h4-10,12H,2-3,11H2,1H3,(H,18,19). The van der Waals surface area contributed by atoms with E-state index >= 15 is 0 Å². The van der Waals surface area contributed by atoms with Gasteiger partial charge in [-0.05, 0) is 29.7 Å². The van der Waals surface area contributed by atoms with Crippen LogP contribution >= 0.6 is 0 Å². The fourth-order valence-electron chi connectivity index (χ4n) is 1.96. The van der Waals surface area contributed by atoms with Gasteiger partial charge in [-0.2, -0.15) is 0 Å². The second-order valence-corrected chi connectivity index (χ2v) is 4.58. The van der Waals surface area contributed by atoms with E-state index in [2.05, 4.69) is 6.92 Å². The van der Waals surface area contributed by atoms with Crippen molar-refractivity contribution >= 4 is 5.97 Å². The first-order chi connectivity index (χ1) is 9.72. The van der Waals surface area contributed by atoms with Crippen molar-refractivity contribution < 1.29 is 14.6 Å². The number of hydrogen-bond donors (Lipinski definition) is 1. The van der Waals surface area contributed by atoms with Crippen LogP contribution in [0.1, 0.15) is 30.1 Å². The maximum absolute atomic E-state index is 11.2. The van der Waals surface area contributed by atoms with Gasteiger partial charge < -0.3 is 9.84 Å². The molecule has 0 atom stereocenters. The number of aromatic carboxylic acids is 1. The van der Waals surface area contributed by atoms with Gasteiger partial charge in [-0.15, -0.1) is 0 Å². The zero-order chi connectivity index (χ0) is 14.4. The van der Waals surface area contributed by atoms with Crippen LogP contribution in [0.3, 0.4) is 0 Å². The fourth-order valence-corrected chi connectivity index (χ4v) is 1.96. The van der Waals surface area contributed by atoms with Gasteiger partial charge in [-0.1, -0.05) is 49.7 Å². The molecule has 2 aromatic rings. The molecular weight excluding hydrogens is 252 g/mol. The highest BCUT2D eigenvalue weighted by Gasteiger charge is 2.12. The SMILES string of the molecule is CCCCOc1cc(-c2ccccc2)ccc1C(=O)O. The number of unbranched alkanes of at least 4 members (excludes halogenated alkanes) is 1. The van der Waals surface area contributed by atoms with Gasteiger partial charge in [0.15, 0.2) is 0 Å². The highest BCUT2D eigenvalue weighted by Crippen LogP contribution is 2.27. The lowest BCUT2D eigenvalue weighted by atomic mass is 10.0. The molecule has 0 aliphatic heterocycles. The fraction of sp³-hybridized carbons (Fsp3) is 0.235. The van der Waals surface area contributed by atoms with Crippen molar-refractivity contribution in [3.63, 3.8) is 0 Å². The third-order valence-electron chi connectivity index (χ3n) is 3.07. The van der Waals surface area contributed by atoms with E-state index in [0.29, 0.717) is 12.4 Å². The highest BCUT2D eigenvalue weighted by atomic mass is 16.5. The Balaban J connectivity index is 2.32. The lowest BCUT2D eigenvalue weighted by Gasteiger charge is -2.11. The third-order valence-corrected chi connectivity index (χ3v) is 3.07. The van der Waals surface area contributed by atoms with Crippen molar-refractivity contribution in [1.29, 1.82) is 0 Å². The molecule has 3 heteroatoms. The first kappa shape index (κ1) is 14.1. The second kappa shape index (κ2) is 6.75. The van der Waals surface area contributed by atoms with Crippen LogP contribution in [0.5, 0.6) is 5.75 Å². The van der Waals surface area contributed by atoms with Crippen molar-refractivity contribution in [2.45, 2.75) is 19.8 Å². The summed E-state index contributed by atoms with van der Waals surface area (Å²) < 4.78 is 5.62. The molecule has 0 radical (unpaired) electrons. The minimum absolute atomic E-state index is 0.209. The molecule has 0 aliphatic carbocycles. The summed E-state index contributed by atoms with van der Waals surface area (Å²) in [4.78, 5) is 11.2. The molecule has 3 nitrogen and oxygen atoms in total. The number of carboxylic acids is 1. The highest BCUT2D eigenvalue weighted by molar-refractivity contribution is 5.92. The molecule has 2 rings (SSSR count). The van der Waals surface area contributed by atoms with Crippen molar-refractivity contribution in [3.05, 3.63) is 54.1 Å². The number of rotatable bonds is 6. The van der Waals surface area contributed by atoms with E-state index in [1.54, 1.807) is 12.1 Å². The zero-order valence-corrected chi connectivity index (χ0v) is 11.5. The minimum Gasteiger partial charge on any atom is -0.493 e. The molecular formula is C17H18O3. The topological polar surface area (TPSA) is 46.5 Å². The Morgan fingerprint density at radius 3 is 2.50 bits per heavy atom. The van der Waals surface area contributed by atoms with Crippen LogP contribution in [0.25, 0.3) is 11.1 Å². The van der Waals surface area contributed by atoms with Crippen LogP contribution in [0.2, 0.25) is 0 Å². The number of benzene rings is 2. The van der Waals surface area contributed by atoms with E-state index in [9.17, 15) is 9.90 Å². The molecule has 104 valence electrons. The van der Waals surface area contributed by atoms with E-state index in [4.69, 9.17) is 4.74 Å². The lowest BCUT2D eigenvalue weighted by molar-refractivity contribution is 0.0692. The Kier molecular flexibility index (Phi) is 4.77. The van der Waals surface area contributed by atoms with E-state index in [1.165, 1.54) is 0 Å². The van der Waals surface area contributed by atoms with Gasteiger partial charge in [0.05, 0.1) is 6.61 Å². The minimum atomic E-state index is -0.962. The average molecular weight is 270 g/mol. The first-order valence-corrected chi connectivity index (χ1v) is 6.78. The predicted octanol–water partition coefficient (Wildman–Crippen LogP) is 4.23. The summed E-state index contributed by atoms with van der Waals surface area (Å²) in [6.45, 7) is 2.61. The molecule has 0 aromatic heterocycles.